The number of hydrogen-bond donors (Lipinski definition) is 2. The maximum atomic E-state index is 10.8. The lowest BCUT2D eigenvalue weighted by atomic mass is 10.0. The van der Waals surface area contributed by atoms with E-state index in [1.807, 2.05) is 24.4 Å². The molecule has 2 rings (SSSR count). The molecule has 0 radical (unpaired) electrons. The van der Waals surface area contributed by atoms with E-state index < -0.39 is 11.9 Å². The van der Waals surface area contributed by atoms with Crippen LogP contribution in [0.15, 0.2) is 28.9 Å². The molecule has 0 saturated carbocycles. The second-order valence-electron chi connectivity index (χ2n) is 3.50. The number of carboxylic acids is 1. The molecule has 3 nitrogen and oxygen atoms in total. The van der Waals surface area contributed by atoms with Crippen molar-refractivity contribution < 1.29 is 9.90 Å². The lowest BCUT2D eigenvalue weighted by molar-refractivity contribution is -0.138. The smallest absolute Gasteiger partial charge is 0.310 e. The highest BCUT2D eigenvalue weighted by molar-refractivity contribution is 9.10. The van der Waals surface area contributed by atoms with Crippen LogP contribution < -0.4 is 0 Å². The van der Waals surface area contributed by atoms with Crippen molar-refractivity contribution in [2.75, 3.05) is 0 Å². The second kappa shape index (κ2) is 3.70. The van der Waals surface area contributed by atoms with Gasteiger partial charge in [-0.1, -0.05) is 6.07 Å². The summed E-state index contributed by atoms with van der Waals surface area (Å²) in [6.45, 7) is 1.68. The van der Waals surface area contributed by atoms with Crippen molar-refractivity contribution in [3.05, 3.63) is 34.4 Å². The Labute approximate surface area is 95.2 Å². The van der Waals surface area contributed by atoms with Crippen LogP contribution in [0, 0.1) is 0 Å². The Hall–Kier alpha value is -1.29. The third-order valence-electron chi connectivity index (χ3n) is 2.53. The Morgan fingerprint density at radius 1 is 1.53 bits per heavy atom. The molecular formula is C11H10BrNO2. The summed E-state index contributed by atoms with van der Waals surface area (Å²) < 4.78 is 0.955. The summed E-state index contributed by atoms with van der Waals surface area (Å²) in [7, 11) is 0. The molecule has 1 aromatic carbocycles. The van der Waals surface area contributed by atoms with Crippen LogP contribution in [-0.4, -0.2) is 16.1 Å². The van der Waals surface area contributed by atoms with Crippen LogP contribution in [-0.2, 0) is 4.79 Å². The molecule has 0 aliphatic heterocycles. The Morgan fingerprint density at radius 3 is 2.93 bits per heavy atom. The molecule has 1 atom stereocenters. The molecule has 1 aromatic heterocycles. The Kier molecular flexibility index (Phi) is 2.52. The minimum atomic E-state index is -0.805. The largest absolute Gasteiger partial charge is 0.481 e. The number of halogens is 1. The number of carbonyl (C=O) groups is 1. The molecule has 2 N–H and O–H groups in total. The fourth-order valence-electron chi connectivity index (χ4n) is 1.52. The molecule has 1 heterocycles. The number of nitrogens with one attached hydrogen (secondary N) is 1. The van der Waals surface area contributed by atoms with Gasteiger partial charge in [-0.05, 0) is 40.5 Å². The Bertz CT molecular complexity index is 518. The molecule has 0 aliphatic carbocycles. The van der Waals surface area contributed by atoms with Crippen LogP contribution in [0.25, 0.3) is 10.9 Å². The number of carboxylic acid groups (broad SMARTS) is 1. The molecule has 0 amide bonds. The number of aromatic amines is 1. The first-order valence-corrected chi connectivity index (χ1v) is 5.38. The van der Waals surface area contributed by atoms with Crippen LogP contribution in [0.5, 0.6) is 0 Å². The molecule has 0 aliphatic rings. The number of aliphatic carboxylic acids is 1. The lowest BCUT2D eigenvalue weighted by Gasteiger charge is -2.06. The van der Waals surface area contributed by atoms with Crippen LogP contribution in [0.1, 0.15) is 18.4 Å². The summed E-state index contributed by atoms with van der Waals surface area (Å²) in [5.74, 6) is -1.28. The Morgan fingerprint density at radius 2 is 2.27 bits per heavy atom. The SMILES string of the molecule is CC(C(=O)O)c1ccc2[nH]cc(Br)c2c1. The van der Waals surface area contributed by atoms with Crippen molar-refractivity contribution in [3.8, 4) is 0 Å². The molecule has 2 aromatic rings. The van der Waals surface area contributed by atoms with E-state index >= 15 is 0 Å². The van der Waals surface area contributed by atoms with Gasteiger partial charge in [0.05, 0.1) is 5.92 Å². The van der Waals surface area contributed by atoms with Crippen molar-refractivity contribution in [1.82, 2.24) is 4.98 Å². The monoisotopic (exact) mass is 267 g/mol. The molecule has 78 valence electrons. The van der Waals surface area contributed by atoms with Crippen molar-refractivity contribution in [2.24, 2.45) is 0 Å². The van der Waals surface area contributed by atoms with Gasteiger partial charge < -0.3 is 10.1 Å². The highest BCUT2D eigenvalue weighted by Crippen LogP contribution is 2.27. The zero-order chi connectivity index (χ0) is 11.0. The third-order valence-corrected chi connectivity index (χ3v) is 3.18. The average Bonchev–Trinajstić information content (AvgIpc) is 2.59. The molecule has 0 saturated heterocycles. The third kappa shape index (κ3) is 1.77. The van der Waals surface area contributed by atoms with E-state index in [0.29, 0.717) is 0 Å². The number of benzene rings is 1. The first-order chi connectivity index (χ1) is 7.09. The molecule has 1 unspecified atom stereocenters. The molecule has 15 heavy (non-hydrogen) atoms. The predicted molar refractivity (Wildman–Crippen MR) is 62.0 cm³/mol. The normalized spacial score (nSPS) is 12.9. The highest BCUT2D eigenvalue weighted by atomic mass is 79.9. The molecule has 0 bridgehead atoms. The highest BCUT2D eigenvalue weighted by Gasteiger charge is 2.14. The van der Waals surface area contributed by atoms with Crippen LogP contribution in [0.4, 0.5) is 0 Å². The topological polar surface area (TPSA) is 53.1 Å². The zero-order valence-corrected chi connectivity index (χ0v) is 9.71. The zero-order valence-electron chi connectivity index (χ0n) is 8.12. The lowest BCUT2D eigenvalue weighted by Crippen LogP contribution is -2.06. The van der Waals surface area contributed by atoms with Gasteiger partial charge >= 0.3 is 5.97 Å². The molecule has 4 heteroatoms. The minimum Gasteiger partial charge on any atom is -0.481 e. The maximum Gasteiger partial charge on any atom is 0.310 e. The molecular weight excluding hydrogens is 258 g/mol. The van der Waals surface area contributed by atoms with E-state index in [1.54, 1.807) is 6.92 Å². The summed E-state index contributed by atoms with van der Waals surface area (Å²) >= 11 is 3.41. The minimum absolute atomic E-state index is 0.476. The van der Waals surface area contributed by atoms with Gasteiger partial charge in [-0.25, -0.2) is 0 Å². The predicted octanol–water partition coefficient (Wildman–Crippen LogP) is 3.12. The van der Waals surface area contributed by atoms with Crippen LogP contribution >= 0.6 is 15.9 Å². The van der Waals surface area contributed by atoms with E-state index in [4.69, 9.17) is 5.11 Å². The number of fused-ring (bicyclic) bond motifs is 1. The van der Waals surface area contributed by atoms with Gasteiger partial charge in [0.1, 0.15) is 0 Å². The number of aromatic nitrogens is 1. The first-order valence-electron chi connectivity index (χ1n) is 4.59. The van der Waals surface area contributed by atoms with Gasteiger partial charge in [-0.15, -0.1) is 0 Å². The van der Waals surface area contributed by atoms with Gasteiger partial charge in [0.25, 0.3) is 0 Å². The van der Waals surface area contributed by atoms with Gasteiger partial charge in [-0.2, -0.15) is 0 Å². The van der Waals surface area contributed by atoms with Crippen molar-refractivity contribution in [1.29, 1.82) is 0 Å². The summed E-state index contributed by atoms with van der Waals surface area (Å²) in [6, 6.07) is 5.63. The van der Waals surface area contributed by atoms with Gasteiger partial charge in [0.2, 0.25) is 0 Å². The first kappa shape index (κ1) is 10.2. The average molecular weight is 268 g/mol. The van der Waals surface area contributed by atoms with Crippen LogP contribution in [0.2, 0.25) is 0 Å². The fraction of sp³-hybridized carbons (Fsp3) is 0.182. The van der Waals surface area contributed by atoms with Crippen LogP contribution in [0.3, 0.4) is 0 Å². The van der Waals surface area contributed by atoms with Gasteiger partial charge in [-0.3, -0.25) is 4.79 Å². The van der Waals surface area contributed by atoms with Gasteiger partial charge in [0.15, 0.2) is 0 Å². The van der Waals surface area contributed by atoms with E-state index in [9.17, 15) is 4.79 Å². The number of hydrogen-bond acceptors (Lipinski definition) is 1. The Balaban J connectivity index is 2.54. The second-order valence-corrected chi connectivity index (χ2v) is 4.36. The fourth-order valence-corrected chi connectivity index (χ4v) is 1.96. The van der Waals surface area contributed by atoms with E-state index in [0.717, 1.165) is 20.9 Å². The maximum absolute atomic E-state index is 10.8. The summed E-state index contributed by atoms with van der Waals surface area (Å²) in [5, 5.41) is 9.92. The molecule has 0 fully saturated rings. The van der Waals surface area contributed by atoms with Crippen molar-refractivity contribution in [3.63, 3.8) is 0 Å². The number of H-pyrrole nitrogens is 1. The van der Waals surface area contributed by atoms with Crippen molar-refractivity contribution in [2.45, 2.75) is 12.8 Å². The van der Waals surface area contributed by atoms with Crippen molar-refractivity contribution >= 4 is 32.8 Å². The summed E-state index contributed by atoms with van der Waals surface area (Å²) in [5.41, 5.74) is 1.82. The number of rotatable bonds is 2. The summed E-state index contributed by atoms with van der Waals surface area (Å²) in [4.78, 5) is 13.9. The molecule has 0 spiro atoms. The van der Waals surface area contributed by atoms with E-state index in [2.05, 4.69) is 20.9 Å². The quantitative estimate of drug-likeness (QED) is 0.879. The van der Waals surface area contributed by atoms with E-state index in [-0.39, 0.29) is 0 Å². The summed E-state index contributed by atoms with van der Waals surface area (Å²) in [6.07, 6.45) is 1.85. The van der Waals surface area contributed by atoms with Gasteiger partial charge in [0, 0.05) is 21.6 Å². The standard InChI is InChI=1S/C11H10BrNO2/c1-6(11(14)15)7-2-3-10-8(4-7)9(12)5-13-10/h2-6,13H,1H3,(H,14,15). The van der Waals surface area contributed by atoms with E-state index in [1.165, 1.54) is 0 Å².